The lowest BCUT2D eigenvalue weighted by Crippen LogP contribution is -2.24. The van der Waals surface area contributed by atoms with E-state index >= 15 is 0 Å². The van der Waals surface area contributed by atoms with Crippen molar-refractivity contribution >= 4 is 22.7 Å². The molecule has 2 aliphatic carbocycles. The van der Waals surface area contributed by atoms with Crippen LogP contribution in [0.2, 0.25) is 0 Å². The van der Waals surface area contributed by atoms with Crippen molar-refractivity contribution in [2.24, 2.45) is 0 Å². The van der Waals surface area contributed by atoms with Crippen LogP contribution in [0.25, 0.3) is 10.8 Å². The molecule has 0 radical (unpaired) electrons. The molecule has 0 amide bonds. The monoisotopic (exact) mass is 464 g/mol. The van der Waals surface area contributed by atoms with Crippen LogP contribution in [-0.4, -0.2) is 37.4 Å². The topological polar surface area (TPSA) is 71.1 Å². The molecule has 0 aromatic heterocycles. The normalized spacial score (nSPS) is 21.9. The average Bonchev–Trinajstić information content (AvgIpc) is 3.35. The van der Waals surface area contributed by atoms with Crippen molar-refractivity contribution < 1.29 is 28.5 Å². The molecule has 1 fully saturated rings. The zero-order chi connectivity index (χ0) is 24.5. The molecule has 0 spiro atoms. The number of ether oxygens (including phenoxy) is 4. The molecule has 4 rings (SSSR count). The fourth-order valence-corrected chi connectivity index (χ4v) is 5.37. The van der Waals surface area contributed by atoms with Gasteiger partial charge in [-0.05, 0) is 44.4 Å². The highest BCUT2D eigenvalue weighted by Crippen LogP contribution is 2.63. The number of carbonyl (C=O) groups is 2. The summed E-state index contributed by atoms with van der Waals surface area (Å²) in [4.78, 5) is 23.2. The van der Waals surface area contributed by atoms with Gasteiger partial charge in [-0.25, -0.2) is 9.59 Å². The Morgan fingerprint density at radius 3 is 2.09 bits per heavy atom. The second-order valence-corrected chi connectivity index (χ2v) is 9.52. The molecule has 0 N–H and O–H groups in total. The van der Waals surface area contributed by atoms with Crippen LogP contribution >= 0.6 is 0 Å². The first-order valence-electron chi connectivity index (χ1n) is 11.8. The maximum atomic E-state index is 11.6. The molecule has 2 aromatic carbocycles. The molecule has 0 saturated heterocycles. The minimum absolute atomic E-state index is 0.000568. The molecule has 34 heavy (non-hydrogen) atoms. The molecule has 4 atom stereocenters. The first kappa shape index (κ1) is 23.9. The summed E-state index contributed by atoms with van der Waals surface area (Å²) in [7, 11) is 0. The van der Waals surface area contributed by atoms with Crippen LogP contribution in [0, 0.1) is 0 Å². The maximum absolute atomic E-state index is 11.6. The average molecular weight is 465 g/mol. The Labute approximate surface area is 200 Å². The van der Waals surface area contributed by atoms with E-state index in [4.69, 9.17) is 18.9 Å². The van der Waals surface area contributed by atoms with Crippen LogP contribution in [0.15, 0.2) is 49.6 Å². The van der Waals surface area contributed by atoms with Gasteiger partial charge in [-0.2, -0.15) is 0 Å². The molecule has 0 aliphatic heterocycles. The van der Waals surface area contributed by atoms with Crippen LogP contribution in [0.5, 0.6) is 11.5 Å². The summed E-state index contributed by atoms with van der Waals surface area (Å²) in [6.07, 6.45) is 4.73. The largest absolute Gasteiger partial charge is 0.489 e. The zero-order valence-corrected chi connectivity index (χ0v) is 20.1. The summed E-state index contributed by atoms with van der Waals surface area (Å²) < 4.78 is 23.4. The Morgan fingerprint density at radius 1 is 1.00 bits per heavy atom. The van der Waals surface area contributed by atoms with Gasteiger partial charge in [0, 0.05) is 34.1 Å². The van der Waals surface area contributed by atoms with Crippen LogP contribution in [0.4, 0.5) is 0 Å². The van der Waals surface area contributed by atoms with Gasteiger partial charge in [-0.1, -0.05) is 44.3 Å². The minimum Gasteiger partial charge on any atom is -0.489 e. The van der Waals surface area contributed by atoms with Gasteiger partial charge in [0.2, 0.25) is 0 Å². The van der Waals surface area contributed by atoms with Crippen molar-refractivity contribution in [2.45, 2.75) is 63.6 Å². The van der Waals surface area contributed by atoms with E-state index in [0.29, 0.717) is 5.92 Å². The lowest BCUT2D eigenvalue weighted by molar-refractivity contribution is -0.144. The molecule has 2 aromatic rings. The fraction of sp³-hybridized carbons (Fsp3) is 0.429. The van der Waals surface area contributed by atoms with E-state index in [9.17, 15) is 9.59 Å². The molecule has 2 aliphatic rings. The zero-order valence-electron chi connectivity index (χ0n) is 20.1. The SMILES string of the molecule is C=CC(=O)OC(C)COc1c2c(c(OCC(C)OC(=O)C=C)c3ccccc13)C1(C)CCC2C1. The number of rotatable bonds is 10. The first-order chi connectivity index (χ1) is 16.3. The summed E-state index contributed by atoms with van der Waals surface area (Å²) in [5, 5.41) is 1.92. The predicted octanol–water partition coefficient (Wildman–Crippen LogP) is 5.37. The quantitative estimate of drug-likeness (QED) is 0.348. The van der Waals surface area contributed by atoms with Crippen molar-refractivity contribution in [3.8, 4) is 11.5 Å². The molecular weight excluding hydrogens is 432 g/mol. The summed E-state index contributed by atoms with van der Waals surface area (Å²) in [6, 6.07) is 8.04. The molecule has 180 valence electrons. The number of fused-ring (bicyclic) bond motifs is 6. The van der Waals surface area contributed by atoms with Crippen LogP contribution in [0.1, 0.15) is 57.1 Å². The molecule has 1 saturated carbocycles. The summed E-state index contributed by atoms with van der Waals surface area (Å²) >= 11 is 0. The van der Waals surface area contributed by atoms with E-state index in [1.807, 2.05) is 24.3 Å². The van der Waals surface area contributed by atoms with Gasteiger partial charge < -0.3 is 18.9 Å². The third kappa shape index (κ3) is 4.41. The van der Waals surface area contributed by atoms with E-state index in [-0.39, 0.29) is 18.6 Å². The molecule has 6 nitrogen and oxygen atoms in total. The fourth-order valence-electron chi connectivity index (χ4n) is 5.37. The summed E-state index contributed by atoms with van der Waals surface area (Å²) in [6.45, 7) is 13.3. The lowest BCUT2D eigenvalue weighted by Gasteiger charge is -2.30. The van der Waals surface area contributed by atoms with Crippen molar-refractivity contribution in [2.75, 3.05) is 13.2 Å². The highest BCUT2D eigenvalue weighted by Gasteiger charge is 2.50. The third-order valence-electron chi connectivity index (χ3n) is 6.80. The van der Waals surface area contributed by atoms with Crippen molar-refractivity contribution in [3.05, 3.63) is 60.7 Å². The van der Waals surface area contributed by atoms with Crippen molar-refractivity contribution in [1.82, 2.24) is 0 Å². The van der Waals surface area contributed by atoms with Gasteiger partial charge in [0.15, 0.2) is 0 Å². The second-order valence-electron chi connectivity index (χ2n) is 9.52. The number of hydrogen-bond acceptors (Lipinski definition) is 6. The number of hydrogen-bond donors (Lipinski definition) is 0. The van der Waals surface area contributed by atoms with E-state index < -0.39 is 24.1 Å². The molecular formula is C28H32O6. The third-order valence-corrected chi connectivity index (χ3v) is 6.80. The Kier molecular flexibility index (Phi) is 6.69. The number of carbonyl (C=O) groups excluding carboxylic acids is 2. The van der Waals surface area contributed by atoms with E-state index in [2.05, 4.69) is 20.1 Å². The Balaban J connectivity index is 1.73. The minimum atomic E-state index is -0.466. The Bertz CT molecular complexity index is 1140. The predicted molar refractivity (Wildman–Crippen MR) is 130 cm³/mol. The summed E-state index contributed by atoms with van der Waals surface area (Å²) in [5.41, 5.74) is 2.38. The maximum Gasteiger partial charge on any atom is 0.330 e. The first-order valence-corrected chi connectivity index (χ1v) is 11.8. The highest BCUT2D eigenvalue weighted by molar-refractivity contribution is 5.97. The van der Waals surface area contributed by atoms with Crippen molar-refractivity contribution in [1.29, 1.82) is 0 Å². The van der Waals surface area contributed by atoms with Crippen LogP contribution in [0.3, 0.4) is 0 Å². The van der Waals surface area contributed by atoms with E-state index in [1.54, 1.807) is 13.8 Å². The molecule has 0 heterocycles. The van der Waals surface area contributed by atoms with Crippen LogP contribution in [-0.2, 0) is 24.5 Å². The second kappa shape index (κ2) is 9.53. The van der Waals surface area contributed by atoms with Gasteiger partial charge in [-0.15, -0.1) is 0 Å². The summed E-state index contributed by atoms with van der Waals surface area (Å²) in [5.74, 6) is 1.15. The van der Waals surface area contributed by atoms with Gasteiger partial charge in [0.25, 0.3) is 0 Å². The lowest BCUT2D eigenvalue weighted by atomic mass is 9.78. The van der Waals surface area contributed by atoms with E-state index in [1.165, 1.54) is 11.1 Å². The Morgan fingerprint density at radius 2 is 1.53 bits per heavy atom. The molecule has 4 unspecified atom stereocenters. The number of benzene rings is 2. The highest BCUT2D eigenvalue weighted by atomic mass is 16.6. The van der Waals surface area contributed by atoms with Gasteiger partial charge in [0.1, 0.15) is 36.9 Å². The number of esters is 2. The Hall–Kier alpha value is -3.28. The van der Waals surface area contributed by atoms with E-state index in [0.717, 1.165) is 53.7 Å². The molecule has 2 bridgehead atoms. The van der Waals surface area contributed by atoms with Gasteiger partial charge in [-0.3, -0.25) is 0 Å². The molecule has 6 heteroatoms. The van der Waals surface area contributed by atoms with Crippen molar-refractivity contribution in [3.63, 3.8) is 0 Å². The smallest absolute Gasteiger partial charge is 0.330 e. The van der Waals surface area contributed by atoms with Gasteiger partial charge >= 0.3 is 11.9 Å². The standard InChI is InChI=1S/C28H32O6/c1-6-22(29)33-17(3)15-31-26-20-10-8-9-11-21(20)27(32-16-18(4)34-23(30)7-2)25-24(26)19-12-13-28(25,5)14-19/h6-11,17-19H,1-2,12-16H2,3-5H3. The van der Waals surface area contributed by atoms with Gasteiger partial charge in [0.05, 0.1) is 0 Å². The van der Waals surface area contributed by atoms with Crippen LogP contribution < -0.4 is 9.47 Å².